The highest BCUT2D eigenvalue weighted by atomic mass is 32.2. The zero-order chi connectivity index (χ0) is 28.9. The number of aliphatic imine (C=N–C) groups is 1. The van der Waals surface area contributed by atoms with Crippen LogP contribution in [0.2, 0.25) is 0 Å². The van der Waals surface area contributed by atoms with Gasteiger partial charge in [0.1, 0.15) is 11.5 Å². The summed E-state index contributed by atoms with van der Waals surface area (Å²) < 4.78 is 39.4. The molecule has 0 radical (unpaired) electrons. The smallest absolute Gasteiger partial charge is 0.243 e. The number of hydrogen-bond acceptors (Lipinski definition) is 8. The standard InChI is InChI=1S/C29H35N5O5S/c1-20-15-21(16-28(35)33-22(18-30)19-32-29(2,3)4)5-8-26(20)39-27-9-10-31-25-7-6-23(17-24(25)27)40(36,37)34-11-13-38-14-12-34/h5-10,15,17-19H,11-14,16,30H2,1-4H3,(H,33,35). The van der Waals surface area contributed by atoms with E-state index < -0.39 is 10.0 Å². The Bertz CT molecular complexity index is 1550. The van der Waals surface area contributed by atoms with Crippen molar-refractivity contribution in [3.8, 4) is 11.5 Å². The van der Waals surface area contributed by atoms with Gasteiger partial charge in [0.25, 0.3) is 0 Å². The lowest BCUT2D eigenvalue weighted by atomic mass is 10.1. The van der Waals surface area contributed by atoms with Gasteiger partial charge in [-0.15, -0.1) is 0 Å². The van der Waals surface area contributed by atoms with Crippen molar-refractivity contribution in [1.29, 1.82) is 0 Å². The summed E-state index contributed by atoms with van der Waals surface area (Å²) in [7, 11) is -3.68. The highest BCUT2D eigenvalue weighted by Crippen LogP contribution is 2.33. The molecule has 0 bridgehead atoms. The Morgan fingerprint density at radius 2 is 1.90 bits per heavy atom. The maximum absolute atomic E-state index is 13.2. The van der Waals surface area contributed by atoms with Gasteiger partial charge in [0, 0.05) is 37.1 Å². The molecule has 2 aromatic carbocycles. The second-order valence-electron chi connectivity index (χ2n) is 10.5. The Balaban J connectivity index is 1.51. The number of carbonyl (C=O) groups excluding carboxylic acids is 1. The fourth-order valence-corrected chi connectivity index (χ4v) is 5.55. The number of allylic oxidation sites excluding steroid dienone is 1. The molecule has 1 aliphatic heterocycles. The molecule has 1 aromatic heterocycles. The first kappa shape index (κ1) is 29.2. The third kappa shape index (κ3) is 7.23. The van der Waals surface area contributed by atoms with Crippen LogP contribution >= 0.6 is 0 Å². The van der Waals surface area contributed by atoms with Crippen molar-refractivity contribution in [3.05, 3.63) is 71.7 Å². The Morgan fingerprint density at radius 1 is 1.15 bits per heavy atom. The zero-order valence-corrected chi connectivity index (χ0v) is 24.0. The Kier molecular flexibility index (Phi) is 8.87. The summed E-state index contributed by atoms with van der Waals surface area (Å²) in [4.78, 5) is 21.5. The minimum absolute atomic E-state index is 0.142. The molecule has 1 saturated heterocycles. The monoisotopic (exact) mass is 565 g/mol. The van der Waals surface area contributed by atoms with Gasteiger partial charge in [0.15, 0.2) is 0 Å². The number of fused-ring (bicyclic) bond motifs is 1. The summed E-state index contributed by atoms with van der Waals surface area (Å²) in [6.45, 7) is 9.11. The maximum atomic E-state index is 13.2. The number of carbonyl (C=O) groups is 1. The van der Waals surface area contributed by atoms with Crippen LogP contribution in [0, 0.1) is 6.92 Å². The second kappa shape index (κ2) is 12.2. The van der Waals surface area contributed by atoms with Crippen molar-refractivity contribution < 1.29 is 22.7 Å². The van der Waals surface area contributed by atoms with Crippen LogP contribution in [-0.2, 0) is 26.0 Å². The maximum Gasteiger partial charge on any atom is 0.243 e. The minimum atomic E-state index is -3.68. The number of nitrogens with two attached hydrogens (primary N) is 1. The van der Waals surface area contributed by atoms with Crippen LogP contribution in [0.4, 0.5) is 0 Å². The van der Waals surface area contributed by atoms with Crippen LogP contribution < -0.4 is 15.8 Å². The molecule has 0 saturated carbocycles. The van der Waals surface area contributed by atoms with Gasteiger partial charge in [0.05, 0.1) is 41.3 Å². The lowest BCUT2D eigenvalue weighted by molar-refractivity contribution is -0.119. The lowest BCUT2D eigenvalue weighted by Crippen LogP contribution is -2.40. The molecule has 1 aliphatic rings. The predicted molar refractivity (Wildman–Crippen MR) is 155 cm³/mol. The number of nitrogens with zero attached hydrogens (tertiary/aromatic N) is 3. The molecule has 2 heterocycles. The number of amides is 1. The number of morpholine rings is 1. The number of aromatic nitrogens is 1. The van der Waals surface area contributed by atoms with E-state index in [0.717, 1.165) is 11.1 Å². The van der Waals surface area contributed by atoms with E-state index in [9.17, 15) is 13.2 Å². The molecule has 11 heteroatoms. The van der Waals surface area contributed by atoms with Crippen LogP contribution in [0.1, 0.15) is 31.9 Å². The van der Waals surface area contributed by atoms with E-state index in [1.165, 1.54) is 10.5 Å². The zero-order valence-electron chi connectivity index (χ0n) is 23.2. The van der Waals surface area contributed by atoms with E-state index in [-0.39, 0.29) is 22.8 Å². The van der Waals surface area contributed by atoms with Gasteiger partial charge in [-0.2, -0.15) is 4.31 Å². The normalized spacial score (nSPS) is 15.4. The van der Waals surface area contributed by atoms with Gasteiger partial charge < -0.3 is 20.5 Å². The summed E-state index contributed by atoms with van der Waals surface area (Å²) in [5.74, 6) is 0.839. The number of hydrogen-bond donors (Lipinski definition) is 2. The molecule has 0 unspecified atom stereocenters. The molecular weight excluding hydrogens is 530 g/mol. The van der Waals surface area contributed by atoms with Crippen molar-refractivity contribution in [2.45, 2.75) is 44.6 Å². The summed E-state index contributed by atoms with van der Waals surface area (Å²) >= 11 is 0. The number of ether oxygens (including phenoxy) is 2. The topological polar surface area (TPSA) is 136 Å². The highest BCUT2D eigenvalue weighted by Gasteiger charge is 2.27. The Hall–Kier alpha value is -3.80. The van der Waals surface area contributed by atoms with E-state index >= 15 is 0 Å². The predicted octanol–water partition coefficient (Wildman–Crippen LogP) is 3.68. The molecule has 10 nitrogen and oxygen atoms in total. The first-order valence-corrected chi connectivity index (χ1v) is 14.4. The van der Waals surface area contributed by atoms with E-state index in [4.69, 9.17) is 15.2 Å². The number of sulfonamides is 1. The SMILES string of the molecule is Cc1cc(CC(=O)NC(C=NC(C)(C)C)=CN)ccc1Oc1ccnc2ccc(S(=O)(=O)N3CCOCC3)cc12. The average Bonchev–Trinajstić information content (AvgIpc) is 2.92. The molecular formula is C29H35N5O5S. The molecule has 0 atom stereocenters. The molecule has 1 amide bonds. The van der Waals surface area contributed by atoms with Crippen LogP contribution in [-0.4, -0.2) is 61.7 Å². The first-order chi connectivity index (χ1) is 19.0. The van der Waals surface area contributed by atoms with E-state index in [0.29, 0.717) is 54.4 Å². The number of pyridine rings is 1. The quantitative estimate of drug-likeness (QED) is 0.398. The van der Waals surface area contributed by atoms with Gasteiger partial charge in [-0.1, -0.05) is 12.1 Å². The molecule has 3 aromatic rings. The molecule has 0 spiro atoms. The summed E-state index contributed by atoms with van der Waals surface area (Å²) in [5, 5.41) is 3.35. The molecule has 0 aliphatic carbocycles. The van der Waals surface area contributed by atoms with E-state index in [2.05, 4.69) is 15.3 Å². The van der Waals surface area contributed by atoms with Gasteiger partial charge in [-0.25, -0.2) is 8.42 Å². The highest BCUT2D eigenvalue weighted by molar-refractivity contribution is 7.89. The van der Waals surface area contributed by atoms with Crippen molar-refractivity contribution in [2.75, 3.05) is 26.3 Å². The molecule has 3 N–H and O–H groups in total. The Labute approximate surface area is 234 Å². The summed E-state index contributed by atoms with van der Waals surface area (Å²) in [5.41, 5.74) is 8.01. The van der Waals surface area contributed by atoms with Crippen molar-refractivity contribution in [1.82, 2.24) is 14.6 Å². The number of benzene rings is 2. The van der Waals surface area contributed by atoms with Gasteiger partial charge in [-0.3, -0.25) is 14.8 Å². The number of nitrogens with one attached hydrogen (secondary N) is 1. The van der Waals surface area contributed by atoms with Gasteiger partial charge in [-0.05, 0) is 69.2 Å². The minimum Gasteiger partial charge on any atom is -0.456 e. The average molecular weight is 566 g/mol. The van der Waals surface area contributed by atoms with Crippen LogP contribution in [0.3, 0.4) is 0 Å². The lowest BCUT2D eigenvalue weighted by Gasteiger charge is -2.26. The second-order valence-corrected chi connectivity index (χ2v) is 12.4. The third-order valence-corrected chi connectivity index (χ3v) is 8.05. The van der Waals surface area contributed by atoms with Crippen molar-refractivity contribution in [2.24, 2.45) is 10.7 Å². The molecule has 212 valence electrons. The fourth-order valence-electron chi connectivity index (χ4n) is 4.11. The van der Waals surface area contributed by atoms with Crippen molar-refractivity contribution >= 4 is 33.0 Å². The van der Waals surface area contributed by atoms with Crippen molar-refractivity contribution in [3.63, 3.8) is 0 Å². The summed E-state index contributed by atoms with van der Waals surface area (Å²) in [6, 6.07) is 12.0. The molecule has 4 rings (SSSR count). The first-order valence-electron chi connectivity index (χ1n) is 13.0. The van der Waals surface area contributed by atoms with E-state index in [1.54, 1.807) is 42.7 Å². The number of rotatable bonds is 8. The largest absolute Gasteiger partial charge is 0.456 e. The molecule has 1 fully saturated rings. The van der Waals surface area contributed by atoms with Gasteiger partial charge >= 0.3 is 0 Å². The van der Waals surface area contributed by atoms with Crippen LogP contribution in [0.15, 0.2) is 70.4 Å². The third-order valence-electron chi connectivity index (χ3n) is 6.16. The van der Waals surface area contributed by atoms with Crippen LogP contribution in [0.25, 0.3) is 10.9 Å². The summed E-state index contributed by atoms with van der Waals surface area (Å²) in [6.07, 6.45) is 4.62. The van der Waals surface area contributed by atoms with E-state index in [1.807, 2.05) is 39.8 Å². The van der Waals surface area contributed by atoms with Crippen LogP contribution in [0.5, 0.6) is 11.5 Å². The Morgan fingerprint density at radius 3 is 2.58 bits per heavy atom. The van der Waals surface area contributed by atoms with Gasteiger partial charge in [0.2, 0.25) is 15.9 Å². The number of aryl methyl sites for hydroxylation is 1. The fraction of sp³-hybridized carbons (Fsp3) is 0.345. The molecule has 40 heavy (non-hydrogen) atoms.